The van der Waals surface area contributed by atoms with Crippen LogP contribution in [-0.2, 0) is 17.9 Å². The second kappa shape index (κ2) is 8.19. The van der Waals surface area contributed by atoms with E-state index < -0.39 is 0 Å². The molecule has 0 radical (unpaired) electrons. The normalized spacial score (nSPS) is 15.5. The number of para-hydroxylation sites is 1. The van der Waals surface area contributed by atoms with Crippen molar-refractivity contribution in [1.82, 2.24) is 25.1 Å². The van der Waals surface area contributed by atoms with Crippen molar-refractivity contribution in [2.24, 2.45) is 0 Å². The molecule has 0 saturated carbocycles. The first-order chi connectivity index (χ1) is 15.3. The van der Waals surface area contributed by atoms with Gasteiger partial charge < -0.3 is 18.7 Å². The molecule has 5 rings (SSSR count). The van der Waals surface area contributed by atoms with Crippen molar-refractivity contribution < 1.29 is 18.7 Å². The van der Waals surface area contributed by atoms with Gasteiger partial charge in [-0.15, -0.1) is 5.10 Å². The van der Waals surface area contributed by atoms with Gasteiger partial charge in [-0.25, -0.2) is 4.68 Å². The van der Waals surface area contributed by atoms with Gasteiger partial charge in [0.05, 0.1) is 38.1 Å². The summed E-state index contributed by atoms with van der Waals surface area (Å²) in [6, 6.07) is 15.4. The number of benzene rings is 2. The molecule has 1 atom stereocenters. The van der Waals surface area contributed by atoms with E-state index in [1.165, 1.54) is 0 Å². The summed E-state index contributed by atoms with van der Waals surface area (Å²) < 4.78 is 24.3. The summed E-state index contributed by atoms with van der Waals surface area (Å²) >= 11 is 0. The van der Waals surface area contributed by atoms with Gasteiger partial charge in [-0.3, -0.25) is 0 Å². The number of nitrogens with zero attached hydrogens (tertiary/aromatic N) is 5. The Labute approximate surface area is 178 Å². The number of methoxy groups -OCH3 is 1. The van der Waals surface area contributed by atoms with Gasteiger partial charge >= 0.3 is 0 Å². The highest BCUT2D eigenvalue weighted by atomic mass is 16.5. The lowest BCUT2D eigenvalue weighted by Crippen LogP contribution is -2.22. The highest BCUT2D eigenvalue weighted by Gasteiger charge is 2.28. The molecule has 0 bridgehead atoms. The molecule has 2 aromatic heterocycles. The smallest absolute Gasteiger partial charge is 0.280 e. The Morgan fingerprint density at radius 1 is 1.13 bits per heavy atom. The fourth-order valence-corrected chi connectivity index (χ4v) is 3.56. The molecule has 9 heteroatoms. The van der Waals surface area contributed by atoms with Gasteiger partial charge in [-0.1, -0.05) is 34.6 Å². The van der Waals surface area contributed by atoms with Crippen LogP contribution in [-0.4, -0.2) is 38.9 Å². The Morgan fingerprint density at radius 2 is 1.97 bits per heavy atom. The Kier molecular flexibility index (Phi) is 5.09. The zero-order valence-corrected chi connectivity index (χ0v) is 17.2. The van der Waals surface area contributed by atoms with Crippen LogP contribution in [0.15, 0.2) is 53.1 Å². The van der Waals surface area contributed by atoms with Crippen molar-refractivity contribution in [2.45, 2.75) is 26.2 Å². The Hall–Kier alpha value is -3.72. The average Bonchev–Trinajstić information content (AvgIpc) is 3.46. The largest absolute Gasteiger partial charge is 0.497 e. The van der Waals surface area contributed by atoms with Crippen LogP contribution >= 0.6 is 0 Å². The number of hydrogen-bond acceptors (Lipinski definition) is 8. The lowest BCUT2D eigenvalue weighted by atomic mass is 10.1. The van der Waals surface area contributed by atoms with Gasteiger partial charge in [-0.05, 0) is 36.8 Å². The van der Waals surface area contributed by atoms with Crippen LogP contribution in [0, 0.1) is 0 Å². The quantitative estimate of drug-likeness (QED) is 0.467. The van der Waals surface area contributed by atoms with Crippen LogP contribution in [0.5, 0.6) is 11.5 Å². The number of hydrogen-bond donors (Lipinski definition) is 0. The molecule has 0 saturated heterocycles. The molecule has 1 aliphatic rings. The van der Waals surface area contributed by atoms with Crippen molar-refractivity contribution in [3.63, 3.8) is 0 Å². The second-order valence-electron chi connectivity index (χ2n) is 6.99. The summed E-state index contributed by atoms with van der Waals surface area (Å²) in [5.41, 5.74) is 3.14. The molecule has 0 fully saturated rings. The lowest BCUT2D eigenvalue weighted by Gasteiger charge is -2.24. The van der Waals surface area contributed by atoms with E-state index in [1.54, 1.807) is 7.11 Å². The topological polar surface area (TPSA) is 97.3 Å². The fraction of sp³-hybridized carbons (Fsp3) is 0.273. The van der Waals surface area contributed by atoms with E-state index in [9.17, 15) is 0 Å². The van der Waals surface area contributed by atoms with Gasteiger partial charge in [0.15, 0.2) is 5.69 Å². The van der Waals surface area contributed by atoms with Crippen molar-refractivity contribution in [2.75, 3.05) is 13.7 Å². The van der Waals surface area contributed by atoms with Crippen molar-refractivity contribution in [3.8, 4) is 34.5 Å². The van der Waals surface area contributed by atoms with Crippen LogP contribution in [0.25, 0.3) is 23.0 Å². The standard InChI is InChI=1S/C22H21N5O4/c1-3-29-18-7-5-4-6-16(18)21-23-22(31-25-21)20-17-13-30-19(12-27(17)26-24-20)14-8-10-15(28-2)11-9-14/h4-11,19H,3,12-13H2,1-2H3. The summed E-state index contributed by atoms with van der Waals surface area (Å²) in [7, 11) is 1.65. The first-order valence-corrected chi connectivity index (χ1v) is 10.0. The fourth-order valence-electron chi connectivity index (χ4n) is 3.56. The van der Waals surface area contributed by atoms with E-state index in [2.05, 4.69) is 20.5 Å². The molecule has 0 aliphatic carbocycles. The molecule has 3 heterocycles. The van der Waals surface area contributed by atoms with Crippen molar-refractivity contribution in [3.05, 3.63) is 59.8 Å². The maximum Gasteiger partial charge on any atom is 0.280 e. The van der Waals surface area contributed by atoms with Crippen molar-refractivity contribution >= 4 is 0 Å². The molecule has 31 heavy (non-hydrogen) atoms. The van der Waals surface area contributed by atoms with Crippen LogP contribution in [0.3, 0.4) is 0 Å². The third-order valence-corrected chi connectivity index (χ3v) is 5.14. The van der Waals surface area contributed by atoms with Crippen LogP contribution in [0.2, 0.25) is 0 Å². The van der Waals surface area contributed by atoms with Crippen LogP contribution < -0.4 is 9.47 Å². The molecule has 158 valence electrons. The highest BCUT2D eigenvalue weighted by Crippen LogP contribution is 2.33. The molecule has 0 spiro atoms. The molecule has 9 nitrogen and oxygen atoms in total. The summed E-state index contributed by atoms with van der Waals surface area (Å²) in [6.45, 7) is 3.36. The maximum absolute atomic E-state index is 6.08. The second-order valence-corrected chi connectivity index (χ2v) is 6.99. The third-order valence-electron chi connectivity index (χ3n) is 5.14. The number of aromatic nitrogens is 5. The average molecular weight is 419 g/mol. The van der Waals surface area contributed by atoms with E-state index >= 15 is 0 Å². The molecular formula is C22H21N5O4. The van der Waals surface area contributed by atoms with Crippen LogP contribution in [0.4, 0.5) is 0 Å². The van der Waals surface area contributed by atoms with Crippen LogP contribution in [0.1, 0.15) is 24.3 Å². The molecule has 0 amide bonds. The Bertz CT molecular complexity index is 1180. The minimum atomic E-state index is -0.121. The minimum Gasteiger partial charge on any atom is -0.497 e. The first kappa shape index (κ1) is 19.3. The molecule has 1 unspecified atom stereocenters. The van der Waals surface area contributed by atoms with E-state index in [0.29, 0.717) is 42.9 Å². The number of fused-ring (bicyclic) bond motifs is 1. The van der Waals surface area contributed by atoms with E-state index in [4.69, 9.17) is 18.7 Å². The van der Waals surface area contributed by atoms with E-state index in [0.717, 1.165) is 22.6 Å². The molecule has 4 aromatic rings. The minimum absolute atomic E-state index is 0.121. The number of rotatable bonds is 6. The Morgan fingerprint density at radius 3 is 2.77 bits per heavy atom. The first-order valence-electron chi connectivity index (χ1n) is 10.0. The SMILES string of the molecule is CCOc1ccccc1-c1noc(-c2nnn3c2COC(c2ccc(OC)cc2)C3)n1. The monoisotopic (exact) mass is 419 g/mol. The lowest BCUT2D eigenvalue weighted by molar-refractivity contribution is -0.00119. The summed E-state index contributed by atoms with van der Waals surface area (Å²) in [4.78, 5) is 4.53. The summed E-state index contributed by atoms with van der Waals surface area (Å²) in [5, 5.41) is 12.7. The van der Waals surface area contributed by atoms with E-state index in [-0.39, 0.29) is 6.10 Å². The van der Waals surface area contributed by atoms with Gasteiger partial charge in [-0.2, -0.15) is 4.98 Å². The van der Waals surface area contributed by atoms with Gasteiger partial charge in [0.25, 0.3) is 5.89 Å². The van der Waals surface area contributed by atoms with E-state index in [1.807, 2.05) is 60.1 Å². The summed E-state index contributed by atoms with van der Waals surface area (Å²) in [6.07, 6.45) is -0.121. The molecule has 1 aliphatic heterocycles. The predicted molar refractivity (Wildman–Crippen MR) is 110 cm³/mol. The maximum atomic E-state index is 6.08. The Balaban J connectivity index is 1.39. The zero-order valence-electron chi connectivity index (χ0n) is 17.2. The van der Waals surface area contributed by atoms with Gasteiger partial charge in [0, 0.05) is 0 Å². The molecule has 0 N–H and O–H groups in total. The summed E-state index contributed by atoms with van der Waals surface area (Å²) in [5.74, 6) is 2.25. The number of ether oxygens (including phenoxy) is 3. The third kappa shape index (κ3) is 3.64. The molecular weight excluding hydrogens is 398 g/mol. The highest BCUT2D eigenvalue weighted by molar-refractivity contribution is 5.65. The van der Waals surface area contributed by atoms with Crippen molar-refractivity contribution in [1.29, 1.82) is 0 Å². The zero-order chi connectivity index (χ0) is 21.2. The molecule has 2 aromatic carbocycles. The van der Waals surface area contributed by atoms with Gasteiger partial charge in [0.2, 0.25) is 5.82 Å². The van der Waals surface area contributed by atoms with Gasteiger partial charge in [0.1, 0.15) is 17.6 Å². The predicted octanol–water partition coefficient (Wildman–Crippen LogP) is 3.67.